The van der Waals surface area contributed by atoms with Crippen molar-refractivity contribution in [3.05, 3.63) is 0 Å². The zero-order valence-corrected chi connectivity index (χ0v) is 21.6. The average molecular weight is 415 g/mol. The summed E-state index contributed by atoms with van der Waals surface area (Å²) in [5, 5.41) is 9.70. The van der Waals surface area contributed by atoms with Crippen LogP contribution in [0.1, 0.15) is 52.4 Å². The van der Waals surface area contributed by atoms with Gasteiger partial charge in [0.05, 0.1) is 12.1 Å². The van der Waals surface area contributed by atoms with Gasteiger partial charge in [0.2, 0.25) is 0 Å². The Morgan fingerprint density at radius 3 is 1.25 bits per heavy atom. The van der Waals surface area contributed by atoms with Crippen molar-refractivity contribution in [3.63, 3.8) is 0 Å². The van der Waals surface area contributed by atoms with Crippen LogP contribution in [0.15, 0.2) is 10.2 Å². The lowest BCUT2D eigenvalue weighted by Gasteiger charge is -2.31. The monoisotopic (exact) mass is 414 g/mol. The van der Waals surface area contributed by atoms with Crippen molar-refractivity contribution >= 4 is 16.1 Å². The second-order valence-corrected chi connectivity index (χ2v) is 20.9. The highest BCUT2D eigenvalue weighted by Gasteiger charge is 2.30. The Morgan fingerprint density at radius 1 is 0.607 bits per heavy atom. The van der Waals surface area contributed by atoms with E-state index in [0.29, 0.717) is 35.8 Å². The molecule has 0 amide bonds. The topological polar surface area (TPSA) is 24.7 Å². The van der Waals surface area contributed by atoms with Crippen LogP contribution >= 0.6 is 0 Å². The van der Waals surface area contributed by atoms with Gasteiger partial charge in [0, 0.05) is 11.8 Å². The molecule has 2 saturated carbocycles. The van der Waals surface area contributed by atoms with Crippen LogP contribution in [0.25, 0.3) is 0 Å². The molecule has 6 unspecified atom stereocenters. The van der Waals surface area contributed by atoms with E-state index in [2.05, 4.69) is 76.1 Å². The summed E-state index contributed by atoms with van der Waals surface area (Å²) in [6.07, 6.45) is 7.08. The van der Waals surface area contributed by atoms with Crippen molar-refractivity contribution < 1.29 is 0 Å². The minimum atomic E-state index is -1.26. The molecule has 0 radical (unpaired) electrons. The van der Waals surface area contributed by atoms with E-state index in [1.165, 1.54) is 25.7 Å². The van der Waals surface area contributed by atoms with E-state index >= 15 is 0 Å². The van der Waals surface area contributed by atoms with Gasteiger partial charge < -0.3 is 0 Å². The molecule has 0 aliphatic heterocycles. The Morgan fingerprint density at radius 2 is 0.964 bits per heavy atom. The summed E-state index contributed by atoms with van der Waals surface area (Å²) in [5.41, 5.74) is 7.13. The van der Waals surface area contributed by atoms with Gasteiger partial charge in [0.15, 0.2) is 0 Å². The highest BCUT2D eigenvalue weighted by atomic mass is 28.3. The molecule has 2 aliphatic rings. The second-order valence-electron chi connectivity index (χ2n) is 11.4. The van der Waals surface area contributed by atoms with Crippen LogP contribution in [0, 0.1) is 46.6 Å². The second kappa shape index (κ2) is 9.77. The first kappa shape index (κ1) is 23.4. The van der Waals surface area contributed by atoms with Crippen molar-refractivity contribution in [1.82, 2.24) is 0 Å². The van der Waals surface area contributed by atoms with Crippen LogP contribution in [0.4, 0.5) is 0 Å². The highest BCUT2D eigenvalue weighted by molar-refractivity contribution is 6.84. The van der Waals surface area contributed by atoms with Crippen LogP contribution < -0.4 is 0 Å². The van der Waals surface area contributed by atoms with E-state index in [4.69, 9.17) is 10.2 Å². The summed E-state index contributed by atoms with van der Waals surface area (Å²) >= 11 is 0. The largest absolute Gasteiger partial charge is 0.190 e. The van der Waals surface area contributed by atoms with Gasteiger partial charge in [-0.25, -0.2) is 0 Å². The predicted molar refractivity (Wildman–Crippen MR) is 128 cm³/mol. The SMILES string of the molecule is CC1CC(C#C[Si](C)(C)C)CCC1N=NC1CCC(C#C[Si](C)(C)C)CC1C. The maximum Gasteiger partial charge on any atom is 0.129 e. The number of azo groups is 1. The van der Waals surface area contributed by atoms with Crippen molar-refractivity contribution in [2.45, 2.75) is 104 Å². The molecular weight excluding hydrogens is 372 g/mol. The van der Waals surface area contributed by atoms with Gasteiger partial charge in [-0.3, -0.25) is 0 Å². The molecule has 28 heavy (non-hydrogen) atoms. The maximum absolute atomic E-state index is 4.85. The number of hydrogen-bond donors (Lipinski definition) is 0. The third-order valence-electron chi connectivity index (χ3n) is 5.91. The van der Waals surface area contributed by atoms with Gasteiger partial charge in [0.1, 0.15) is 16.1 Å². The molecule has 2 fully saturated rings. The Bertz CT molecular complexity index is 605. The quantitative estimate of drug-likeness (QED) is 0.269. The van der Waals surface area contributed by atoms with E-state index < -0.39 is 16.1 Å². The summed E-state index contributed by atoms with van der Waals surface area (Å²) in [4.78, 5) is 0. The lowest BCUT2D eigenvalue weighted by molar-refractivity contribution is 0.255. The molecule has 0 heterocycles. The molecule has 0 aromatic heterocycles. The molecule has 0 aromatic rings. The zero-order valence-electron chi connectivity index (χ0n) is 19.6. The van der Waals surface area contributed by atoms with Gasteiger partial charge >= 0.3 is 0 Å². The third kappa shape index (κ3) is 8.26. The molecule has 0 saturated heterocycles. The van der Waals surface area contributed by atoms with E-state index in [1.807, 2.05) is 0 Å². The first-order valence-electron chi connectivity index (χ1n) is 11.4. The summed E-state index contributed by atoms with van der Waals surface area (Å²) in [5.74, 6) is 9.52. The molecule has 6 atom stereocenters. The van der Waals surface area contributed by atoms with Crippen LogP contribution in [-0.2, 0) is 0 Å². The van der Waals surface area contributed by atoms with Gasteiger partial charge in [-0.05, 0) is 50.4 Å². The van der Waals surface area contributed by atoms with Crippen molar-refractivity contribution in [2.75, 3.05) is 0 Å². The Balaban J connectivity index is 1.85. The van der Waals surface area contributed by atoms with Crippen LogP contribution in [-0.4, -0.2) is 28.2 Å². The van der Waals surface area contributed by atoms with Gasteiger partial charge in [-0.1, -0.05) is 53.1 Å². The maximum atomic E-state index is 4.85. The summed E-state index contributed by atoms with van der Waals surface area (Å²) in [7, 11) is -2.52. The number of rotatable bonds is 2. The third-order valence-corrected chi connectivity index (χ3v) is 7.70. The minimum Gasteiger partial charge on any atom is -0.190 e. The fourth-order valence-corrected chi connectivity index (χ4v) is 5.45. The van der Waals surface area contributed by atoms with Crippen LogP contribution in [0.5, 0.6) is 0 Å². The molecule has 0 spiro atoms. The van der Waals surface area contributed by atoms with Crippen molar-refractivity contribution in [1.29, 1.82) is 0 Å². The van der Waals surface area contributed by atoms with Gasteiger partial charge in [-0.2, -0.15) is 10.2 Å². The highest BCUT2D eigenvalue weighted by Crippen LogP contribution is 2.34. The standard InChI is InChI=1S/C24H42N2Si2/c1-19-17-21(13-15-27(3,4)5)9-11-23(19)25-26-24-12-10-22(18-20(24)2)14-16-28(6,7)8/h19-24H,9-12,17-18H2,1-8H3. The average Bonchev–Trinajstić information content (AvgIpc) is 2.57. The molecular formula is C24H42N2Si2. The van der Waals surface area contributed by atoms with Crippen molar-refractivity contribution in [3.8, 4) is 22.9 Å². The van der Waals surface area contributed by atoms with E-state index in [1.54, 1.807) is 0 Å². The van der Waals surface area contributed by atoms with Crippen molar-refractivity contribution in [2.24, 2.45) is 33.9 Å². The molecule has 0 aromatic carbocycles. The molecule has 2 rings (SSSR count). The Labute approximate surface area is 176 Å². The van der Waals surface area contributed by atoms with E-state index in [0.717, 1.165) is 12.8 Å². The van der Waals surface area contributed by atoms with E-state index in [-0.39, 0.29) is 0 Å². The number of hydrogen-bond acceptors (Lipinski definition) is 2. The molecule has 2 nitrogen and oxygen atoms in total. The minimum absolute atomic E-state index is 0.404. The molecule has 0 bridgehead atoms. The molecule has 156 valence electrons. The van der Waals surface area contributed by atoms with Gasteiger partial charge in [0.25, 0.3) is 0 Å². The fourth-order valence-electron chi connectivity index (χ4n) is 4.17. The lowest BCUT2D eigenvalue weighted by atomic mass is 9.79. The Kier molecular flexibility index (Phi) is 8.18. The van der Waals surface area contributed by atoms with Crippen LogP contribution in [0.2, 0.25) is 39.3 Å². The van der Waals surface area contributed by atoms with Crippen LogP contribution in [0.3, 0.4) is 0 Å². The van der Waals surface area contributed by atoms with E-state index in [9.17, 15) is 0 Å². The summed E-state index contributed by atoms with van der Waals surface area (Å²) in [6, 6.07) is 0.808. The Hall–Kier alpha value is -0.846. The predicted octanol–water partition coefficient (Wildman–Crippen LogP) is 6.81. The fraction of sp³-hybridized carbons (Fsp3) is 0.833. The number of nitrogens with zero attached hydrogens (tertiary/aromatic N) is 2. The first-order chi connectivity index (χ1) is 12.9. The van der Waals surface area contributed by atoms with Gasteiger partial charge in [-0.15, -0.1) is 22.9 Å². The first-order valence-corrected chi connectivity index (χ1v) is 18.4. The summed E-state index contributed by atoms with van der Waals surface area (Å²) in [6.45, 7) is 18.7. The summed E-state index contributed by atoms with van der Waals surface area (Å²) < 4.78 is 0. The lowest BCUT2D eigenvalue weighted by Crippen LogP contribution is -2.28. The molecule has 4 heteroatoms. The zero-order chi connectivity index (χ0) is 20.9. The molecule has 0 N–H and O–H groups in total. The smallest absolute Gasteiger partial charge is 0.129 e. The molecule has 2 aliphatic carbocycles. The normalized spacial score (nSPS) is 34.3.